The summed E-state index contributed by atoms with van der Waals surface area (Å²) in [6, 6.07) is 9.51. The van der Waals surface area contributed by atoms with Crippen molar-refractivity contribution in [3.63, 3.8) is 0 Å². The zero-order valence-electron chi connectivity index (χ0n) is 19.7. The maximum atomic E-state index is 11.7. The van der Waals surface area contributed by atoms with Crippen LogP contribution in [0.1, 0.15) is 62.5 Å². The van der Waals surface area contributed by atoms with Gasteiger partial charge in [0.05, 0.1) is 0 Å². The van der Waals surface area contributed by atoms with Gasteiger partial charge in [-0.25, -0.2) is 0 Å². The van der Waals surface area contributed by atoms with Crippen LogP contribution in [0, 0.1) is 5.92 Å². The molecule has 1 amide bonds. The van der Waals surface area contributed by atoms with Gasteiger partial charge in [-0.1, -0.05) is 43.5 Å². The van der Waals surface area contributed by atoms with E-state index in [0.717, 1.165) is 51.0 Å². The van der Waals surface area contributed by atoms with Crippen LogP contribution in [0.4, 0.5) is 0 Å². The molecule has 1 aromatic rings. The summed E-state index contributed by atoms with van der Waals surface area (Å²) in [5, 5.41) is 6.34. The Labute approximate surface area is 188 Å². The summed E-state index contributed by atoms with van der Waals surface area (Å²) in [5.74, 6) is 1.59. The van der Waals surface area contributed by atoms with E-state index in [1.165, 1.54) is 43.2 Å². The number of rotatable bonds is 7. The molecule has 3 rings (SSSR count). The molecule has 0 unspecified atom stereocenters. The van der Waals surface area contributed by atoms with E-state index in [-0.39, 0.29) is 5.91 Å². The molecule has 2 N–H and O–H groups in total. The second kappa shape index (κ2) is 12.1. The van der Waals surface area contributed by atoms with Crippen LogP contribution in [0.2, 0.25) is 0 Å². The van der Waals surface area contributed by atoms with Crippen molar-refractivity contribution >= 4 is 11.9 Å². The highest BCUT2D eigenvalue weighted by Crippen LogP contribution is 2.24. The second-order valence-corrected chi connectivity index (χ2v) is 9.18. The van der Waals surface area contributed by atoms with Crippen molar-refractivity contribution in [1.29, 1.82) is 0 Å². The second-order valence-electron chi connectivity index (χ2n) is 9.18. The summed E-state index contributed by atoms with van der Waals surface area (Å²) in [6.07, 6.45) is 9.51. The first-order chi connectivity index (χ1) is 15.1. The maximum Gasteiger partial charge on any atom is 0.220 e. The lowest BCUT2D eigenvalue weighted by Gasteiger charge is -2.34. The van der Waals surface area contributed by atoms with Gasteiger partial charge in [-0.3, -0.25) is 14.7 Å². The molecule has 0 aromatic heterocycles. The Hall–Kier alpha value is -2.08. The first-order valence-electron chi connectivity index (χ1n) is 12.0. The third kappa shape index (κ3) is 6.96. The number of guanidine groups is 1. The summed E-state index contributed by atoms with van der Waals surface area (Å²) in [6.45, 7) is 3.70. The van der Waals surface area contributed by atoms with Crippen LogP contribution < -0.4 is 10.6 Å². The zero-order chi connectivity index (χ0) is 22.1. The number of piperidine rings is 1. The fourth-order valence-electron chi connectivity index (χ4n) is 5.02. The van der Waals surface area contributed by atoms with Gasteiger partial charge in [0.2, 0.25) is 5.91 Å². The Bertz CT molecular complexity index is 720. The Morgan fingerprint density at radius 2 is 1.77 bits per heavy atom. The molecule has 6 nitrogen and oxygen atoms in total. The molecule has 1 heterocycles. The largest absolute Gasteiger partial charge is 0.359 e. The minimum Gasteiger partial charge on any atom is -0.359 e. The quantitative estimate of drug-likeness (QED) is 0.517. The molecule has 0 spiro atoms. The SMILES string of the molecule is CN=C(NCc1ccccc1CN(C)C1CCCCC1)N1CCC(CC(=O)NC)CC1. The molecule has 0 atom stereocenters. The Morgan fingerprint density at radius 3 is 2.42 bits per heavy atom. The highest BCUT2D eigenvalue weighted by atomic mass is 16.1. The number of amides is 1. The lowest BCUT2D eigenvalue weighted by Crippen LogP contribution is -2.45. The van der Waals surface area contributed by atoms with E-state index in [9.17, 15) is 4.79 Å². The van der Waals surface area contributed by atoms with Gasteiger partial charge in [-0.15, -0.1) is 0 Å². The van der Waals surface area contributed by atoms with Crippen molar-refractivity contribution in [3.05, 3.63) is 35.4 Å². The monoisotopic (exact) mass is 427 g/mol. The minimum absolute atomic E-state index is 0.149. The molecule has 0 radical (unpaired) electrons. The lowest BCUT2D eigenvalue weighted by atomic mass is 9.93. The number of carbonyl (C=O) groups is 1. The molecule has 1 aliphatic carbocycles. The van der Waals surface area contributed by atoms with Gasteiger partial charge in [0.25, 0.3) is 0 Å². The van der Waals surface area contributed by atoms with Crippen molar-refractivity contribution < 1.29 is 4.79 Å². The smallest absolute Gasteiger partial charge is 0.220 e. The number of hydrogen-bond donors (Lipinski definition) is 2. The normalized spacial score (nSPS) is 19.0. The third-order valence-electron chi connectivity index (χ3n) is 7.05. The topological polar surface area (TPSA) is 60.0 Å². The van der Waals surface area contributed by atoms with Gasteiger partial charge in [0, 0.05) is 52.7 Å². The van der Waals surface area contributed by atoms with E-state index in [1.807, 2.05) is 7.05 Å². The van der Waals surface area contributed by atoms with Crippen molar-refractivity contribution in [1.82, 2.24) is 20.4 Å². The third-order valence-corrected chi connectivity index (χ3v) is 7.05. The van der Waals surface area contributed by atoms with Gasteiger partial charge in [0.15, 0.2) is 5.96 Å². The predicted molar refractivity (Wildman–Crippen MR) is 128 cm³/mol. The van der Waals surface area contributed by atoms with Crippen molar-refractivity contribution in [2.45, 2.75) is 70.5 Å². The molecular weight excluding hydrogens is 386 g/mol. The van der Waals surface area contributed by atoms with Crippen LogP contribution in [0.25, 0.3) is 0 Å². The Balaban J connectivity index is 1.52. The molecule has 1 aliphatic heterocycles. The number of aliphatic imine (C=N–C) groups is 1. The molecular formula is C25H41N5O. The summed E-state index contributed by atoms with van der Waals surface area (Å²) in [4.78, 5) is 21.1. The summed E-state index contributed by atoms with van der Waals surface area (Å²) < 4.78 is 0. The van der Waals surface area contributed by atoms with E-state index in [2.05, 4.69) is 56.7 Å². The van der Waals surface area contributed by atoms with Gasteiger partial charge in [0.1, 0.15) is 0 Å². The first kappa shape index (κ1) is 23.6. The standard InChI is InChI=1S/C25H41N5O/c1-26-24(31)17-20-13-15-30(16-14-20)25(27-2)28-18-21-9-7-8-10-22(21)19-29(3)23-11-5-4-6-12-23/h7-10,20,23H,4-6,11-19H2,1-3H3,(H,26,31)(H,27,28). The number of likely N-dealkylation sites (tertiary alicyclic amines) is 1. The maximum absolute atomic E-state index is 11.7. The molecule has 31 heavy (non-hydrogen) atoms. The molecule has 172 valence electrons. The zero-order valence-corrected chi connectivity index (χ0v) is 19.7. The average Bonchev–Trinajstić information content (AvgIpc) is 2.82. The van der Waals surface area contributed by atoms with Crippen molar-refractivity contribution in [2.75, 3.05) is 34.2 Å². The van der Waals surface area contributed by atoms with Crippen LogP contribution >= 0.6 is 0 Å². The van der Waals surface area contributed by atoms with E-state index >= 15 is 0 Å². The van der Waals surface area contributed by atoms with Gasteiger partial charge < -0.3 is 15.5 Å². The molecule has 6 heteroatoms. The van der Waals surface area contributed by atoms with E-state index in [0.29, 0.717) is 12.3 Å². The highest BCUT2D eigenvalue weighted by Gasteiger charge is 2.23. The van der Waals surface area contributed by atoms with Gasteiger partial charge >= 0.3 is 0 Å². The van der Waals surface area contributed by atoms with Crippen LogP contribution in [0.3, 0.4) is 0 Å². The number of carbonyl (C=O) groups excluding carboxylic acids is 1. The average molecular weight is 428 g/mol. The van der Waals surface area contributed by atoms with Crippen molar-refractivity contribution in [2.24, 2.45) is 10.9 Å². The van der Waals surface area contributed by atoms with Gasteiger partial charge in [-0.05, 0) is 49.8 Å². The number of nitrogens with one attached hydrogen (secondary N) is 2. The Morgan fingerprint density at radius 1 is 1.10 bits per heavy atom. The fourth-order valence-corrected chi connectivity index (χ4v) is 5.02. The number of benzene rings is 1. The molecule has 0 bridgehead atoms. The van der Waals surface area contributed by atoms with Crippen LogP contribution in [0.15, 0.2) is 29.3 Å². The first-order valence-corrected chi connectivity index (χ1v) is 12.0. The minimum atomic E-state index is 0.149. The summed E-state index contributed by atoms with van der Waals surface area (Å²) in [5.41, 5.74) is 2.75. The lowest BCUT2D eigenvalue weighted by molar-refractivity contribution is -0.121. The van der Waals surface area contributed by atoms with Crippen LogP contribution in [-0.2, 0) is 17.9 Å². The highest BCUT2D eigenvalue weighted by molar-refractivity contribution is 5.80. The van der Waals surface area contributed by atoms with Crippen molar-refractivity contribution in [3.8, 4) is 0 Å². The Kier molecular flexibility index (Phi) is 9.19. The van der Waals surface area contributed by atoms with Gasteiger partial charge in [-0.2, -0.15) is 0 Å². The molecule has 2 fully saturated rings. The van der Waals surface area contributed by atoms with Crippen LogP contribution in [-0.4, -0.2) is 61.9 Å². The summed E-state index contributed by atoms with van der Waals surface area (Å²) in [7, 11) is 5.86. The number of hydrogen-bond acceptors (Lipinski definition) is 3. The number of nitrogens with zero attached hydrogens (tertiary/aromatic N) is 3. The summed E-state index contributed by atoms with van der Waals surface area (Å²) >= 11 is 0. The molecule has 1 aromatic carbocycles. The molecule has 2 aliphatic rings. The van der Waals surface area contributed by atoms with Crippen LogP contribution in [0.5, 0.6) is 0 Å². The predicted octanol–water partition coefficient (Wildman–Crippen LogP) is 3.37. The van der Waals surface area contributed by atoms with E-state index in [4.69, 9.17) is 0 Å². The fraction of sp³-hybridized carbons (Fsp3) is 0.680. The molecule has 1 saturated heterocycles. The van der Waals surface area contributed by atoms with E-state index < -0.39 is 0 Å². The van der Waals surface area contributed by atoms with E-state index in [1.54, 1.807) is 7.05 Å². The molecule has 1 saturated carbocycles.